The average molecular weight is 391 g/mol. The van der Waals surface area contributed by atoms with Crippen LogP contribution in [0.5, 0.6) is 5.75 Å². The van der Waals surface area contributed by atoms with Crippen LogP contribution in [0.3, 0.4) is 0 Å². The summed E-state index contributed by atoms with van der Waals surface area (Å²) < 4.78 is 5.97. The minimum atomic E-state index is -1.08. The first-order valence-electron chi connectivity index (χ1n) is 5.66. The van der Waals surface area contributed by atoms with Gasteiger partial charge in [-0.25, -0.2) is 4.79 Å². The van der Waals surface area contributed by atoms with Crippen LogP contribution in [0.2, 0.25) is 5.02 Å². The first-order valence-corrected chi connectivity index (χ1v) is 7.71. The van der Waals surface area contributed by atoms with E-state index < -0.39 is 11.9 Å². The highest BCUT2D eigenvalue weighted by molar-refractivity contribution is 9.10. The Morgan fingerprint density at radius 1 is 1.38 bits per heavy atom. The number of benzene rings is 1. The lowest BCUT2D eigenvalue weighted by Crippen LogP contribution is -2.21. The molecule has 0 saturated carbocycles. The smallest absolute Gasteiger partial charge is 0.348 e. The molecule has 0 saturated heterocycles. The molecule has 1 aromatic heterocycles. The molecule has 0 aliphatic carbocycles. The number of anilines is 1. The third kappa shape index (κ3) is 4.20. The van der Waals surface area contributed by atoms with Crippen molar-refractivity contribution in [1.82, 2.24) is 0 Å². The van der Waals surface area contributed by atoms with E-state index in [4.69, 9.17) is 21.4 Å². The molecule has 0 aliphatic heterocycles. The highest BCUT2D eigenvalue weighted by Crippen LogP contribution is 2.28. The second-order valence-electron chi connectivity index (χ2n) is 3.88. The van der Waals surface area contributed by atoms with E-state index in [0.29, 0.717) is 15.2 Å². The number of halogens is 2. The summed E-state index contributed by atoms with van der Waals surface area (Å²) in [6.45, 7) is -0.241. The lowest BCUT2D eigenvalue weighted by Gasteiger charge is -2.09. The monoisotopic (exact) mass is 389 g/mol. The van der Waals surface area contributed by atoms with Gasteiger partial charge in [-0.2, -0.15) is 0 Å². The van der Waals surface area contributed by atoms with E-state index in [-0.39, 0.29) is 17.2 Å². The molecule has 0 fully saturated rings. The topological polar surface area (TPSA) is 75.6 Å². The molecule has 5 nitrogen and oxygen atoms in total. The fourth-order valence-electron chi connectivity index (χ4n) is 1.50. The summed E-state index contributed by atoms with van der Waals surface area (Å²) in [6.07, 6.45) is 0. The number of aromatic carboxylic acids is 1. The Hall–Kier alpha value is -1.57. The first kappa shape index (κ1) is 15.8. The Labute approximate surface area is 137 Å². The molecule has 0 unspecified atom stereocenters. The van der Waals surface area contributed by atoms with Gasteiger partial charge in [-0.05, 0) is 45.6 Å². The zero-order chi connectivity index (χ0) is 15.4. The van der Waals surface area contributed by atoms with Crippen molar-refractivity contribution in [2.45, 2.75) is 0 Å². The zero-order valence-electron chi connectivity index (χ0n) is 10.4. The van der Waals surface area contributed by atoms with E-state index in [2.05, 4.69) is 21.2 Å². The van der Waals surface area contributed by atoms with Crippen LogP contribution in [0.15, 0.2) is 34.1 Å². The molecule has 1 aromatic carbocycles. The summed E-state index contributed by atoms with van der Waals surface area (Å²) in [5, 5.41) is 13.6. The quantitative estimate of drug-likeness (QED) is 0.812. The lowest BCUT2D eigenvalue weighted by molar-refractivity contribution is -0.118. The van der Waals surface area contributed by atoms with Gasteiger partial charge in [-0.3, -0.25) is 4.79 Å². The van der Waals surface area contributed by atoms with Crippen molar-refractivity contribution < 1.29 is 19.4 Å². The molecule has 0 aliphatic rings. The van der Waals surface area contributed by atoms with Gasteiger partial charge in [-0.15, -0.1) is 11.3 Å². The number of carbonyl (C=O) groups excluding carboxylic acids is 1. The van der Waals surface area contributed by atoms with E-state index in [0.717, 1.165) is 11.3 Å². The predicted molar refractivity (Wildman–Crippen MR) is 84.6 cm³/mol. The van der Waals surface area contributed by atoms with Crippen LogP contribution in [-0.4, -0.2) is 23.6 Å². The number of hydrogen-bond donors (Lipinski definition) is 2. The molecular formula is C13H9BrClNO4S. The molecule has 0 atom stereocenters. The van der Waals surface area contributed by atoms with Crippen LogP contribution >= 0.6 is 38.9 Å². The Bertz CT molecular complexity index is 689. The number of amides is 1. The maximum absolute atomic E-state index is 11.8. The highest BCUT2D eigenvalue weighted by atomic mass is 79.9. The Balaban J connectivity index is 1.96. The van der Waals surface area contributed by atoms with Crippen LogP contribution < -0.4 is 10.1 Å². The normalized spacial score (nSPS) is 10.2. The van der Waals surface area contributed by atoms with Crippen molar-refractivity contribution >= 4 is 56.4 Å². The molecule has 2 rings (SSSR count). The van der Waals surface area contributed by atoms with Gasteiger partial charge in [-0.1, -0.05) is 11.6 Å². The fourth-order valence-corrected chi connectivity index (χ4v) is 2.98. The van der Waals surface area contributed by atoms with Gasteiger partial charge in [0.15, 0.2) is 6.61 Å². The summed E-state index contributed by atoms with van der Waals surface area (Å²) in [5.74, 6) is -1.06. The van der Waals surface area contributed by atoms with Gasteiger partial charge in [0, 0.05) is 5.02 Å². The molecule has 2 N–H and O–H groups in total. The standard InChI is InChI=1S/C13H9BrClNO4S/c14-8-5-7(15)1-2-10(8)20-6-11(17)16-9-3-4-21-12(9)13(18)19/h1-5H,6H2,(H,16,17)(H,18,19). The third-order valence-electron chi connectivity index (χ3n) is 2.39. The fraction of sp³-hybridized carbons (Fsp3) is 0.0769. The summed E-state index contributed by atoms with van der Waals surface area (Å²) >= 11 is 10.1. The third-order valence-corrected chi connectivity index (χ3v) is 4.14. The van der Waals surface area contributed by atoms with E-state index in [1.165, 1.54) is 6.07 Å². The van der Waals surface area contributed by atoms with Crippen molar-refractivity contribution in [1.29, 1.82) is 0 Å². The first-order chi connectivity index (χ1) is 9.97. The molecule has 110 valence electrons. The molecule has 2 aromatic rings. The molecule has 1 heterocycles. The van der Waals surface area contributed by atoms with Gasteiger partial charge >= 0.3 is 5.97 Å². The average Bonchev–Trinajstić information content (AvgIpc) is 2.86. The zero-order valence-corrected chi connectivity index (χ0v) is 13.6. The van der Waals surface area contributed by atoms with Crippen LogP contribution in [0.25, 0.3) is 0 Å². The number of carboxylic acid groups (broad SMARTS) is 1. The van der Waals surface area contributed by atoms with Crippen LogP contribution in [0, 0.1) is 0 Å². The van der Waals surface area contributed by atoms with Crippen LogP contribution in [-0.2, 0) is 4.79 Å². The van der Waals surface area contributed by atoms with Crippen LogP contribution in [0.4, 0.5) is 5.69 Å². The molecule has 0 radical (unpaired) electrons. The SMILES string of the molecule is O=C(COc1ccc(Cl)cc1Br)Nc1ccsc1C(=O)O. The maximum atomic E-state index is 11.8. The van der Waals surface area contributed by atoms with E-state index >= 15 is 0 Å². The van der Waals surface area contributed by atoms with Crippen molar-refractivity contribution in [3.8, 4) is 5.75 Å². The summed E-state index contributed by atoms with van der Waals surface area (Å²) in [4.78, 5) is 22.8. The molecule has 21 heavy (non-hydrogen) atoms. The number of hydrogen-bond acceptors (Lipinski definition) is 4. The van der Waals surface area contributed by atoms with Crippen molar-refractivity contribution in [2.24, 2.45) is 0 Å². The van der Waals surface area contributed by atoms with Crippen molar-refractivity contribution in [3.05, 3.63) is 44.0 Å². The molecule has 8 heteroatoms. The van der Waals surface area contributed by atoms with E-state index in [1.54, 1.807) is 23.6 Å². The second kappa shape index (κ2) is 6.93. The number of ether oxygens (including phenoxy) is 1. The number of carbonyl (C=O) groups is 2. The van der Waals surface area contributed by atoms with Gasteiger partial charge in [0.2, 0.25) is 0 Å². The summed E-state index contributed by atoms with van der Waals surface area (Å²) in [7, 11) is 0. The van der Waals surface area contributed by atoms with Crippen LogP contribution in [0.1, 0.15) is 9.67 Å². The van der Waals surface area contributed by atoms with Gasteiger partial charge in [0.05, 0.1) is 10.2 Å². The minimum absolute atomic E-state index is 0.0797. The second-order valence-corrected chi connectivity index (χ2v) is 6.09. The minimum Gasteiger partial charge on any atom is -0.483 e. The number of nitrogens with one attached hydrogen (secondary N) is 1. The number of thiophene rings is 1. The number of rotatable bonds is 5. The van der Waals surface area contributed by atoms with Crippen molar-refractivity contribution in [3.63, 3.8) is 0 Å². The Morgan fingerprint density at radius 2 is 2.14 bits per heavy atom. The van der Waals surface area contributed by atoms with E-state index in [9.17, 15) is 9.59 Å². The largest absolute Gasteiger partial charge is 0.483 e. The van der Waals surface area contributed by atoms with Gasteiger partial charge < -0.3 is 15.2 Å². The van der Waals surface area contributed by atoms with E-state index in [1.807, 2.05) is 0 Å². The molecule has 1 amide bonds. The van der Waals surface area contributed by atoms with Gasteiger partial charge in [0.25, 0.3) is 5.91 Å². The maximum Gasteiger partial charge on any atom is 0.348 e. The highest BCUT2D eigenvalue weighted by Gasteiger charge is 2.14. The Kier molecular flexibility index (Phi) is 5.22. The molecule has 0 bridgehead atoms. The predicted octanol–water partition coefficient (Wildman–Crippen LogP) is 3.88. The molecule has 0 spiro atoms. The number of carboxylic acids is 1. The summed E-state index contributed by atoms with van der Waals surface area (Å²) in [6, 6.07) is 6.45. The lowest BCUT2D eigenvalue weighted by atomic mass is 10.3. The molecular weight excluding hydrogens is 382 g/mol. The van der Waals surface area contributed by atoms with Crippen molar-refractivity contribution in [2.75, 3.05) is 11.9 Å². The summed E-state index contributed by atoms with van der Waals surface area (Å²) in [5.41, 5.74) is 0.260. The Morgan fingerprint density at radius 3 is 2.81 bits per heavy atom. The van der Waals surface area contributed by atoms with Gasteiger partial charge in [0.1, 0.15) is 10.6 Å².